The minimum atomic E-state index is -0.221. The van der Waals surface area contributed by atoms with Gasteiger partial charge >= 0.3 is 0 Å². The standard InChI is InChI=1S/C17H15N3O.4C2H6/c1-4-6-12(3)20-17-14-10-13(16(21)7-5-2)8-9-15(14)18-11-19-17;4*1-2/h4,6,8-11H,3H2,1-2H3,(H,18,19,20);4*1-2H3/b6-4-;;;;. The van der Waals surface area contributed by atoms with Gasteiger partial charge in [0.25, 0.3) is 0 Å². The third kappa shape index (κ3) is 11.5. The number of anilines is 1. The lowest BCUT2D eigenvalue weighted by molar-refractivity contribution is 0.105. The number of nitrogens with zero attached hydrogens (tertiary/aromatic N) is 2. The van der Waals surface area contributed by atoms with Gasteiger partial charge in [0.05, 0.1) is 5.52 Å². The number of aromatic nitrogens is 2. The Bertz CT molecular complexity index is 797. The normalized spacial score (nSPS) is 8.21. The number of nitrogens with one attached hydrogen (secondary N) is 1. The highest BCUT2D eigenvalue weighted by molar-refractivity contribution is 6.11. The lowest BCUT2D eigenvalue weighted by Gasteiger charge is -2.08. The van der Waals surface area contributed by atoms with Crippen molar-refractivity contribution in [3.8, 4) is 11.8 Å². The molecule has 160 valence electrons. The van der Waals surface area contributed by atoms with Gasteiger partial charge in [0.1, 0.15) is 12.1 Å². The predicted molar refractivity (Wildman–Crippen MR) is 130 cm³/mol. The van der Waals surface area contributed by atoms with Crippen LogP contribution in [-0.2, 0) is 0 Å². The summed E-state index contributed by atoms with van der Waals surface area (Å²) in [5.74, 6) is 5.53. The molecule has 0 saturated heterocycles. The average molecular weight is 398 g/mol. The van der Waals surface area contributed by atoms with E-state index in [-0.39, 0.29) is 5.78 Å². The van der Waals surface area contributed by atoms with Crippen LogP contribution >= 0.6 is 0 Å². The van der Waals surface area contributed by atoms with Crippen LogP contribution < -0.4 is 5.32 Å². The van der Waals surface area contributed by atoms with Gasteiger partial charge in [0, 0.05) is 16.6 Å². The summed E-state index contributed by atoms with van der Waals surface area (Å²) in [5, 5.41) is 3.86. The van der Waals surface area contributed by atoms with E-state index in [9.17, 15) is 4.79 Å². The summed E-state index contributed by atoms with van der Waals surface area (Å²) in [7, 11) is 0. The first kappa shape index (κ1) is 30.8. The van der Waals surface area contributed by atoms with E-state index >= 15 is 0 Å². The minimum absolute atomic E-state index is 0.221. The molecule has 0 spiro atoms. The maximum absolute atomic E-state index is 11.9. The van der Waals surface area contributed by atoms with Crippen molar-refractivity contribution in [3.05, 3.63) is 54.5 Å². The molecule has 0 saturated carbocycles. The number of carbonyl (C=O) groups excluding carboxylic acids is 1. The molecule has 0 aliphatic rings. The van der Waals surface area contributed by atoms with Crippen LogP contribution in [0.4, 0.5) is 5.82 Å². The fourth-order valence-electron chi connectivity index (χ4n) is 1.88. The van der Waals surface area contributed by atoms with E-state index in [2.05, 4.69) is 33.7 Å². The third-order valence-electron chi connectivity index (χ3n) is 2.78. The van der Waals surface area contributed by atoms with Crippen LogP contribution in [0.1, 0.15) is 79.6 Å². The van der Waals surface area contributed by atoms with Gasteiger partial charge in [-0.2, -0.15) is 0 Å². The van der Waals surface area contributed by atoms with Crippen LogP contribution in [0, 0.1) is 11.8 Å². The van der Waals surface area contributed by atoms with Crippen molar-refractivity contribution >= 4 is 22.5 Å². The van der Waals surface area contributed by atoms with Gasteiger partial charge in [-0.1, -0.05) is 74.0 Å². The summed E-state index contributed by atoms with van der Waals surface area (Å²) in [6.07, 6.45) is 5.19. The predicted octanol–water partition coefficient (Wildman–Crippen LogP) is 7.44. The number of ketones is 1. The average Bonchev–Trinajstić information content (AvgIpc) is 2.79. The smallest absolute Gasteiger partial charge is 0.235 e. The van der Waals surface area contributed by atoms with Crippen molar-refractivity contribution in [2.24, 2.45) is 0 Å². The molecule has 2 aromatic rings. The lowest BCUT2D eigenvalue weighted by atomic mass is 10.1. The monoisotopic (exact) mass is 397 g/mol. The molecule has 0 fully saturated rings. The molecule has 1 heterocycles. The van der Waals surface area contributed by atoms with Crippen LogP contribution in [0.5, 0.6) is 0 Å². The van der Waals surface area contributed by atoms with Crippen molar-refractivity contribution < 1.29 is 4.79 Å². The Hall–Kier alpha value is -2.93. The number of allylic oxidation sites excluding steroid dienone is 2. The summed E-state index contributed by atoms with van der Waals surface area (Å²) in [5.41, 5.74) is 1.98. The van der Waals surface area contributed by atoms with E-state index in [1.807, 2.05) is 74.5 Å². The molecule has 1 N–H and O–H groups in total. The largest absolute Gasteiger partial charge is 0.340 e. The highest BCUT2D eigenvalue weighted by atomic mass is 16.1. The molecule has 4 nitrogen and oxygen atoms in total. The molecular weight excluding hydrogens is 358 g/mol. The van der Waals surface area contributed by atoms with E-state index in [0.717, 1.165) is 10.9 Å². The molecule has 0 aliphatic heterocycles. The molecule has 2 rings (SSSR count). The Morgan fingerprint density at radius 1 is 1.03 bits per heavy atom. The molecule has 1 aromatic heterocycles. The molecule has 0 bridgehead atoms. The molecule has 0 aliphatic carbocycles. The highest BCUT2D eigenvalue weighted by Gasteiger charge is 2.08. The fraction of sp³-hybridized carbons (Fsp3) is 0.400. The number of Topliss-reactive ketones (excluding diaryl/α,β-unsaturated/α-hetero) is 1. The van der Waals surface area contributed by atoms with Crippen LogP contribution in [0.3, 0.4) is 0 Å². The third-order valence-corrected chi connectivity index (χ3v) is 2.78. The molecule has 4 heteroatoms. The van der Waals surface area contributed by atoms with E-state index in [4.69, 9.17) is 0 Å². The second-order valence-electron chi connectivity index (χ2n) is 4.31. The van der Waals surface area contributed by atoms with Gasteiger partial charge in [0.15, 0.2) is 0 Å². The van der Waals surface area contributed by atoms with Crippen molar-refractivity contribution in [1.29, 1.82) is 0 Å². The number of benzene rings is 1. The number of rotatable bonds is 4. The van der Waals surface area contributed by atoms with Crippen LogP contribution in [0.25, 0.3) is 10.9 Å². The minimum Gasteiger partial charge on any atom is -0.340 e. The topological polar surface area (TPSA) is 54.9 Å². The number of carbonyl (C=O) groups is 1. The lowest BCUT2D eigenvalue weighted by Crippen LogP contribution is -2.01. The summed E-state index contributed by atoms with van der Waals surface area (Å²) >= 11 is 0. The van der Waals surface area contributed by atoms with Crippen molar-refractivity contribution in [1.82, 2.24) is 9.97 Å². The Morgan fingerprint density at radius 3 is 2.14 bits per heavy atom. The van der Waals surface area contributed by atoms with Crippen molar-refractivity contribution in [2.45, 2.75) is 69.2 Å². The van der Waals surface area contributed by atoms with Crippen molar-refractivity contribution in [2.75, 3.05) is 5.32 Å². The first-order valence-corrected chi connectivity index (χ1v) is 10.5. The Kier molecular flexibility index (Phi) is 22.7. The van der Waals surface area contributed by atoms with E-state index in [1.165, 1.54) is 6.33 Å². The van der Waals surface area contributed by atoms with Crippen LogP contribution in [0.2, 0.25) is 0 Å². The molecule has 0 radical (unpaired) electrons. The Labute approximate surface area is 178 Å². The summed E-state index contributed by atoms with van der Waals surface area (Å²) < 4.78 is 0. The molecule has 0 amide bonds. The quantitative estimate of drug-likeness (QED) is 0.252. The van der Waals surface area contributed by atoms with Gasteiger partial charge in [-0.3, -0.25) is 4.79 Å². The molecule has 1 aromatic carbocycles. The van der Waals surface area contributed by atoms with Gasteiger partial charge in [-0.05, 0) is 44.0 Å². The molecule has 0 atom stereocenters. The van der Waals surface area contributed by atoms with E-state index in [1.54, 1.807) is 25.1 Å². The Morgan fingerprint density at radius 2 is 1.62 bits per heavy atom. The zero-order valence-electron chi connectivity index (χ0n) is 20.0. The van der Waals surface area contributed by atoms with Crippen LogP contribution in [-0.4, -0.2) is 15.8 Å². The zero-order chi connectivity index (χ0) is 23.2. The first-order valence-electron chi connectivity index (χ1n) is 10.5. The first-order chi connectivity index (χ1) is 14.2. The zero-order valence-corrected chi connectivity index (χ0v) is 20.0. The van der Waals surface area contributed by atoms with Crippen molar-refractivity contribution in [3.63, 3.8) is 0 Å². The summed E-state index contributed by atoms with van der Waals surface area (Å²) in [6, 6.07) is 5.24. The Balaban J connectivity index is -0.000000754. The number of hydrogen-bond donors (Lipinski definition) is 1. The number of hydrogen-bond acceptors (Lipinski definition) is 4. The van der Waals surface area contributed by atoms with Gasteiger partial charge in [-0.25, -0.2) is 9.97 Å². The second-order valence-corrected chi connectivity index (χ2v) is 4.31. The molecule has 0 unspecified atom stereocenters. The van der Waals surface area contributed by atoms with Crippen LogP contribution in [0.15, 0.2) is 49.0 Å². The van der Waals surface area contributed by atoms with E-state index < -0.39 is 0 Å². The summed E-state index contributed by atoms with van der Waals surface area (Å²) in [6.45, 7) is 23.4. The van der Waals surface area contributed by atoms with Gasteiger partial charge in [0.2, 0.25) is 5.78 Å². The molecular formula is C25H39N3O. The van der Waals surface area contributed by atoms with Gasteiger partial charge < -0.3 is 5.32 Å². The van der Waals surface area contributed by atoms with E-state index in [0.29, 0.717) is 17.1 Å². The second kappa shape index (κ2) is 21.4. The molecule has 29 heavy (non-hydrogen) atoms. The SMILES string of the molecule is C=C(/C=C\C)Nc1ncnc2ccc(C(=O)C#CC)cc12.CC.CC.CC.CC. The van der Waals surface area contributed by atoms with Gasteiger partial charge in [-0.15, -0.1) is 0 Å². The summed E-state index contributed by atoms with van der Waals surface area (Å²) in [4.78, 5) is 20.3. The number of fused-ring (bicyclic) bond motifs is 1. The fourth-order valence-corrected chi connectivity index (χ4v) is 1.88. The maximum Gasteiger partial charge on any atom is 0.235 e. The highest BCUT2D eigenvalue weighted by Crippen LogP contribution is 2.22. The maximum atomic E-state index is 11.9.